The zero-order valence-electron chi connectivity index (χ0n) is 15.2. The van der Waals surface area contributed by atoms with Gasteiger partial charge in [-0.1, -0.05) is 26.2 Å². The second-order valence-corrected chi connectivity index (χ2v) is 8.70. The Morgan fingerprint density at radius 1 is 1.05 bits per heavy atom. The smallest absolute Gasteiger partial charge is 0.103 e. The van der Waals surface area contributed by atoms with Gasteiger partial charge >= 0.3 is 0 Å². The third kappa shape index (κ3) is 4.47. The Bertz CT molecular complexity index is 364. The van der Waals surface area contributed by atoms with Crippen molar-refractivity contribution in [2.45, 2.75) is 91.6 Å². The molecule has 2 fully saturated rings. The van der Waals surface area contributed by atoms with Gasteiger partial charge in [-0.3, -0.25) is 4.99 Å². The molecule has 2 heteroatoms. The van der Waals surface area contributed by atoms with E-state index in [0.717, 1.165) is 11.8 Å². The summed E-state index contributed by atoms with van der Waals surface area (Å²) in [5.74, 6) is 3.96. The van der Waals surface area contributed by atoms with Gasteiger partial charge in [-0.05, 0) is 65.7 Å². The molecular weight excluding hydrogens is 256 g/mol. The lowest BCUT2D eigenvalue weighted by Gasteiger charge is -2.45. The van der Waals surface area contributed by atoms with Gasteiger partial charge in [0.15, 0.2) is 0 Å². The summed E-state index contributed by atoms with van der Waals surface area (Å²) < 4.78 is 0. The van der Waals surface area contributed by atoms with Crippen molar-refractivity contribution >= 4 is 5.84 Å². The van der Waals surface area contributed by atoms with E-state index < -0.39 is 0 Å². The van der Waals surface area contributed by atoms with Crippen LogP contribution in [0.1, 0.15) is 80.1 Å². The maximum absolute atomic E-state index is 5.19. The number of amidine groups is 1. The van der Waals surface area contributed by atoms with Crippen LogP contribution >= 0.6 is 0 Å². The minimum absolute atomic E-state index is 0.0417. The second-order valence-electron chi connectivity index (χ2n) is 8.70. The summed E-state index contributed by atoms with van der Waals surface area (Å²) in [4.78, 5) is 7.78. The lowest BCUT2D eigenvalue weighted by atomic mass is 9.74. The average molecular weight is 293 g/mol. The molecule has 0 N–H and O–H groups in total. The number of fused-ring (bicyclic) bond motifs is 1. The van der Waals surface area contributed by atoms with Crippen LogP contribution in [0.4, 0.5) is 0 Å². The predicted molar refractivity (Wildman–Crippen MR) is 92.9 cm³/mol. The highest BCUT2D eigenvalue weighted by atomic mass is 15.2. The Labute approximate surface area is 132 Å². The minimum atomic E-state index is 0.0417. The molecule has 2 rings (SSSR count). The molecule has 3 atom stereocenters. The molecular formula is C19H36N2. The van der Waals surface area contributed by atoms with E-state index in [0.29, 0.717) is 12.0 Å². The van der Waals surface area contributed by atoms with Crippen molar-refractivity contribution in [3.8, 4) is 0 Å². The van der Waals surface area contributed by atoms with E-state index in [1.165, 1.54) is 50.9 Å². The maximum atomic E-state index is 5.19. The van der Waals surface area contributed by atoms with Crippen LogP contribution in [0, 0.1) is 17.8 Å². The summed E-state index contributed by atoms with van der Waals surface area (Å²) in [6.45, 7) is 15.0. The van der Waals surface area contributed by atoms with E-state index in [9.17, 15) is 0 Å². The van der Waals surface area contributed by atoms with Crippen molar-refractivity contribution in [3.05, 3.63) is 0 Å². The number of piperidine rings is 1. The van der Waals surface area contributed by atoms with Crippen molar-refractivity contribution < 1.29 is 0 Å². The second kappa shape index (κ2) is 6.71. The topological polar surface area (TPSA) is 15.6 Å². The highest BCUT2D eigenvalue weighted by molar-refractivity contribution is 5.86. The lowest BCUT2D eigenvalue weighted by Crippen LogP contribution is -2.50. The lowest BCUT2D eigenvalue weighted by molar-refractivity contribution is 0.184. The summed E-state index contributed by atoms with van der Waals surface area (Å²) in [6, 6.07) is 0.580. The zero-order valence-corrected chi connectivity index (χ0v) is 15.2. The van der Waals surface area contributed by atoms with Crippen LogP contribution in [0.15, 0.2) is 4.99 Å². The first-order valence-corrected chi connectivity index (χ1v) is 9.14. The molecule has 1 saturated carbocycles. The number of hydrogen-bond acceptors (Lipinski definition) is 1. The molecule has 3 unspecified atom stereocenters. The molecule has 21 heavy (non-hydrogen) atoms. The van der Waals surface area contributed by atoms with Crippen molar-refractivity contribution in [2.75, 3.05) is 6.54 Å². The van der Waals surface area contributed by atoms with Gasteiger partial charge in [-0.2, -0.15) is 0 Å². The summed E-state index contributed by atoms with van der Waals surface area (Å²) in [5.41, 5.74) is 0.0417. The maximum Gasteiger partial charge on any atom is 0.103 e. The van der Waals surface area contributed by atoms with Crippen LogP contribution in [0.25, 0.3) is 0 Å². The van der Waals surface area contributed by atoms with Gasteiger partial charge in [-0.15, -0.1) is 0 Å². The molecule has 2 nitrogen and oxygen atoms in total. The van der Waals surface area contributed by atoms with E-state index in [-0.39, 0.29) is 5.54 Å². The van der Waals surface area contributed by atoms with Gasteiger partial charge in [-0.25, -0.2) is 0 Å². The van der Waals surface area contributed by atoms with Crippen molar-refractivity contribution in [3.63, 3.8) is 0 Å². The van der Waals surface area contributed by atoms with E-state index in [1.807, 2.05) is 0 Å². The van der Waals surface area contributed by atoms with E-state index >= 15 is 0 Å². The quantitative estimate of drug-likeness (QED) is 0.654. The Morgan fingerprint density at radius 2 is 1.76 bits per heavy atom. The van der Waals surface area contributed by atoms with Gasteiger partial charge in [0.1, 0.15) is 5.84 Å². The minimum Gasteiger partial charge on any atom is -0.358 e. The molecule has 2 aliphatic rings. The number of rotatable bonds is 1. The first-order valence-electron chi connectivity index (χ1n) is 9.14. The summed E-state index contributed by atoms with van der Waals surface area (Å²) in [7, 11) is 0. The SMILES string of the molecule is CC1CCCC2C(=NC(C)(C)C)N(C(C)C)CCC2CC1. The molecule has 122 valence electrons. The Balaban J connectivity index is 2.26. The Kier molecular flexibility index (Phi) is 5.38. The molecule has 1 heterocycles. The molecule has 0 amide bonds. The summed E-state index contributed by atoms with van der Waals surface area (Å²) >= 11 is 0. The first kappa shape index (κ1) is 16.8. The Hall–Kier alpha value is -0.530. The molecule has 0 radical (unpaired) electrons. The number of aliphatic imine (C=N–C) groups is 1. The fourth-order valence-corrected chi connectivity index (χ4v) is 4.10. The fourth-order valence-electron chi connectivity index (χ4n) is 4.10. The summed E-state index contributed by atoms with van der Waals surface area (Å²) in [5, 5.41) is 0. The molecule has 1 aliphatic heterocycles. The molecule has 0 aromatic rings. The predicted octanol–water partition coefficient (Wildman–Crippen LogP) is 5.13. The van der Waals surface area contributed by atoms with Crippen molar-refractivity contribution in [1.29, 1.82) is 0 Å². The van der Waals surface area contributed by atoms with Gasteiger partial charge < -0.3 is 4.90 Å². The van der Waals surface area contributed by atoms with Gasteiger partial charge in [0.25, 0.3) is 0 Å². The van der Waals surface area contributed by atoms with E-state index in [4.69, 9.17) is 4.99 Å². The Morgan fingerprint density at radius 3 is 2.38 bits per heavy atom. The number of hydrogen-bond donors (Lipinski definition) is 0. The number of likely N-dealkylation sites (tertiary alicyclic amines) is 1. The first-order chi connectivity index (χ1) is 9.78. The van der Waals surface area contributed by atoms with Gasteiger partial charge in [0.05, 0.1) is 5.54 Å². The van der Waals surface area contributed by atoms with Crippen molar-refractivity contribution in [2.24, 2.45) is 22.7 Å². The van der Waals surface area contributed by atoms with Gasteiger partial charge in [0, 0.05) is 18.5 Å². The average Bonchev–Trinajstić information content (AvgIpc) is 2.33. The monoisotopic (exact) mass is 292 g/mol. The van der Waals surface area contributed by atoms with Crippen LogP contribution in [0.5, 0.6) is 0 Å². The molecule has 1 saturated heterocycles. The molecule has 0 bridgehead atoms. The molecule has 0 spiro atoms. The third-order valence-electron chi connectivity index (χ3n) is 5.25. The van der Waals surface area contributed by atoms with Crippen LogP contribution < -0.4 is 0 Å². The van der Waals surface area contributed by atoms with E-state index in [2.05, 4.69) is 46.4 Å². The largest absolute Gasteiger partial charge is 0.358 e. The highest BCUT2D eigenvalue weighted by Gasteiger charge is 2.36. The standard InChI is InChI=1S/C19H36N2/c1-14(2)21-13-12-16-11-10-15(3)8-7-9-17(16)18(21)20-19(4,5)6/h14-17H,7-13H2,1-6H3. The van der Waals surface area contributed by atoms with Crippen LogP contribution in [-0.2, 0) is 0 Å². The normalized spacial score (nSPS) is 33.8. The van der Waals surface area contributed by atoms with Crippen LogP contribution in [0.3, 0.4) is 0 Å². The number of nitrogens with zero attached hydrogens (tertiary/aromatic N) is 2. The molecule has 0 aromatic heterocycles. The fraction of sp³-hybridized carbons (Fsp3) is 0.947. The van der Waals surface area contributed by atoms with E-state index in [1.54, 1.807) is 0 Å². The van der Waals surface area contributed by atoms with Crippen LogP contribution in [-0.4, -0.2) is 28.9 Å². The van der Waals surface area contributed by atoms with Gasteiger partial charge in [0.2, 0.25) is 0 Å². The zero-order chi connectivity index (χ0) is 15.6. The highest BCUT2D eigenvalue weighted by Crippen LogP contribution is 2.38. The van der Waals surface area contributed by atoms with Crippen molar-refractivity contribution in [1.82, 2.24) is 4.90 Å². The molecule has 0 aromatic carbocycles. The third-order valence-corrected chi connectivity index (χ3v) is 5.25. The summed E-state index contributed by atoms with van der Waals surface area (Å²) in [6.07, 6.45) is 8.36. The molecule has 1 aliphatic carbocycles. The van der Waals surface area contributed by atoms with Crippen LogP contribution in [0.2, 0.25) is 0 Å².